The van der Waals surface area contributed by atoms with Gasteiger partial charge in [-0.1, -0.05) is 18.2 Å². The van der Waals surface area contributed by atoms with Gasteiger partial charge < -0.3 is 9.97 Å². The fourth-order valence-electron chi connectivity index (χ4n) is 2.77. The van der Waals surface area contributed by atoms with E-state index in [0.717, 1.165) is 22.4 Å². The Labute approximate surface area is 130 Å². The third kappa shape index (κ3) is 2.22. The largest absolute Gasteiger partial charge is 0.342 e. The number of nitro groups is 1. The molecule has 4 aromatic rings. The number of nitrogens with zero attached hydrogens (tertiary/aromatic N) is 3. The van der Waals surface area contributed by atoms with Gasteiger partial charge in [-0.2, -0.15) is 0 Å². The Morgan fingerprint density at radius 3 is 2.26 bits per heavy atom. The van der Waals surface area contributed by atoms with E-state index in [0.29, 0.717) is 23.3 Å². The van der Waals surface area contributed by atoms with Crippen LogP contribution in [0.3, 0.4) is 0 Å². The first-order chi connectivity index (χ1) is 11.1. The van der Waals surface area contributed by atoms with E-state index in [2.05, 4.69) is 19.9 Å². The number of non-ortho nitro benzene ring substituents is 1. The molecule has 0 fully saturated rings. The molecule has 2 aromatic heterocycles. The van der Waals surface area contributed by atoms with Crippen LogP contribution in [-0.4, -0.2) is 24.9 Å². The number of aryl methyl sites for hydroxylation is 1. The summed E-state index contributed by atoms with van der Waals surface area (Å²) in [5, 5.41) is 11.1. The maximum atomic E-state index is 11.1. The zero-order chi connectivity index (χ0) is 16.0. The smallest absolute Gasteiger partial charge is 0.297 e. The monoisotopic (exact) mass is 307 g/mol. The number of nitrogens with one attached hydrogen (secondary N) is 2. The van der Waals surface area contributed by atoms with Crippen LogP contribution in [0.5, 0.6) is 0 Å². The van der Waals surface area contributed by atoms with Crippen LogP contribution in [0.15, 0.2) is 36.4 Å². The van der Waals surface area contributed by atoms with Crippen molar-refractivity contribution in [2.45, 2.75) is 13.3 Å². The zero-order valence-corrected chi connectivity index (χ0v) is 12.3. The maximum absolute atomic E-state index is 11.1. The maximum Gasteiger partial charge on any atom is 0.297 e. The van der Waals surface area contributed by atoms with Crippen LogP contribution < -0.4 is 0 Å². The van der Waals surface area contributed by atoms with Gasteiger partial charge in [-0.15, -0.1) is 0 Å². The highest BCUT2D eigenvalue weighted by molar-refractivity contribution is 5.84. The number of para-hydroxylation sites is 2. The van der Waals surface area contributed by atoms with E-state index < -0.39 is 4.92 Å². The number of H-pyrrole nitrogens is 2. The van der Waals surface area contributed by atoms with Crippen molar-refractivity contribution in [3.8, 4) is 0 Å². The van der Waals surface area contributed by atoms with Gasteiger partial charge in [-0.05, 0) is 24.6 Å². The lowest BCUT2D eigenvalue weighted by Crippen LogP contribution is -1.93. The average Bonchev–Trinajstić information content (AvgIpc) is 3.10. The molecule has 0 bridgehead atoms. The van der Waals surface area contributed by atoms with E-state index in [1.54, 1.807) is 12.1 Å². The van der Waals surface area contributed by atoms with Crippen LogP contribution in [0.2, 0.25) is 0 Å². The van der Waals surface area contributed by atoms with Crippen molar-refractivity contribution < 1.29 is 4.92 Å². The van der Waals surface area contributed by atoms with Crippen LogP contribution >= 0.6 is 0 Å². The molecular formula is C16H13N5O2. The van der Waals surface area contributed by atoms with Gasteiger partial charge in [-0.25, -0.2) is 9.97 Å². The molecule has 0 aliphatic carbocycles. The topological polar surface area (TPSA) is 100 Å². The van der Waals surface area contributed by atoms with Crippen LogP contribution in [-0.2, 0) is 6.42 Å². The summed E-state index contributed by atoms with van der Waals surface area (Å²) in [6.45, 7) is 2.01. The Bertz CT molecular complexity index is 1050. The quantitative estimate of drug-likeness (QED) is 0.448. The van der Waals surface area contributed by atoms with Crippen molar-refractivity contribution in [1.29, 1.82) is 0 Å². The highest BCUT2D eigenvalue weighted by Crippen LogP contribution is 2.24. The molecule has 23 heavy (non-hydrogen) atoms. The molecule has 0 spiro atoms. The van der Waals surface area contributed by atoms with Crippen molar-refractivity contribution >= 4 is 27.8 Å². The van der Waals surface area contributed by atoms with Gasteiger partial charge in [0.1, 0.15) is 11.6 Å². The Morgan fingerprint density at radius 2 is 1.61 bits per heavy atom. The van der Waals surface area contributed by atoms with Crippen LogP contribution in [0, 0.1) is 17.0 Å². The summed E-state index contributed by atoms with van der Waals surface area (Å²) in [6.07, 6.45) is 0.458. The lowest BCUT2D eigenvalue weighted by Gasteiger charge is -1.91. The average molecular weight is 307 g/mol. The first kappa shape index (κ1) is 13.4. The molecule has 0 aliphatic rings. The summed E-state index contributed by atoms with van der Waals surface area (Å²) in [5.74, 6) is 1.42. The molecule has 0 saturated heterocycles. The Morgan fingerprint density at radius 1 is 1.00 bits per heavy atom. The van der Waals surface area contributed by atoms with Crippen molar-refractivity contribution in [3.05, 3.63) is 63.7 Å². The molecule has 4 rings (SSSR count). The molecule has 2 heterocycles. The van der Waals surface area contributed by atoms with Crippen molar-refractivity contribution in [3.63, 3.8) is 0 Å². The van der Waals surface area contributed by atoms with Gasteiger partial charge in [0.05, 0.1) is 27.9 Å². The standard InChI is InChI=1S/C16H13N5O2/c1-9-4-2-5-10-15(9)19-13(17-10)8-14-18-11-6-3-7-12(21(22)23)16(11)20-14/h2-7H,8H2,1H3,(H,17,19)(H,18,20). The minimum absolute atomic E-state index is 0.00505. The van der Waals surface area contributed by atoms with Gasteiger partial charge in [0, 0.05) is 6.07 Å². The van der Waals surface area contributed by atoms with Gasteiger partial charge in [0.25, 0.3) is 5.69 Å². The Hall–Kier alpha value is -3.22. The van der Waals surface area contributed by atoms with Crippen molar-refractivity contribution in [1.82, 2.24) is 19.9 Å². The van der Waals surface area contributed by atoms with Gasteiger partial charge >= 0.3 is 0 Å². The fraction of sp³-hybridized carbons (Fsp3) is 0.125. The summed E-state index contributed by atoms with van der Waals surface area (Å²) in [4.78, 5) is 26.0. The van der Waals surface area contributed by atoms with Crippen LogP contribution in [0.1, 0.15) is 17.2 Å². The van der Waals surface area contributed by atoms with Crippen LogP contribution in [0.4, 0.5) is 5.69 Å². The molecule has 0 unspecified atom stereocenters. The summed E-state index contributed by atoms with van der Waals surface area (Å²) in [5.41, 5.74) is 4.05. The van der Waals surface area contributed by atoms with E-state index in [1.807, 2.05) is 25.1 Å². The third-order valence-electron chi connectivity index (χ3n) is 3.84. The zero-order valence-electron chi connectivity index (χ0n) is 12.3. The van der Waals surface area contributed by atoms with Crippen molar-refractivity contribution in [2.75, 3.05) is 0 Å². The van der Waals surface area contributed by atoms with E-state index in [1.165, 1.54) is 6.07 Å². The van der Waals surface area contributed by atoms with E-state index >= 15 is 0 Å². The molecule has 0 saturated carbocycles. The molecule has 0 radical (unpaired) electrons. The lowest BCUT2D eigenvalue weighted by molar-refractivity contribution is -0.383. The predicted molar refractivity (Wildman–Crippen MR) is 86.4 cm³/mol. The van der Waals surface area contributed by atoms with Crippen LogP contribution in [0.25, 0.3) is 22.1 Å². The Kier molecular flexibility index (Phi) is 2.87. The second kappa shape index (κ2) is 4.91. The second-order valence-electron chi connectivity index (χ2n) is 5.45. The normalized spacial score (nSPS) is 11.3. The number of rotatable bonds is 3. The van der Waals surface area contributed by atoms with Gasteiger partial charge in [0.2, 0.25) is 0 Å². The first-order valence-corrected chi connectivity index (χ1v) is 7.18. The number of aromatic amines is 2. The minimum atomic E-state index is -0.419. The molecule has 0 aliphatic heterocycles. The molecule has 114 valence electrons. The number of imidazole rings is 2. The molecule has 2 N–H and O–H groups in total. The number of hydrogen-bond acceptors (Lipinski definition) is 4. The van der Waals surface area contributed by atoms with E-state index in [-0.39, 0.29) is 5.69 Å². The fourth-order valence-corrected chi connectivity index (χ4v) is 2.77. The van der Waals surface area contributed by atoms with E-state index in [9.17, 15) is 10.1 Å². The summed E-state index contributed by atoms with van der Waals surface area (Å²) >= 11 is 0. The predicted octanol–water partition coefficient (Wildman–Crippen LogP) is 3.25. The van der Waals surface area contributed by atoms with Gasteiger partial charge in [0.15, 0.2) is 5.52 Å². The number of benzene rings is 2. The molecular weight excluding hydrogens is 294 g/mol. The third-order valence-corrected chi connectivity index (χ3v) is 3.84. The number of fused-ring (bicyclic) bond motifs is 2. The summed E-state index contributed by atoms with van der Waals surface area (Å²) < 4.78 is 0. The SMILES string of the molecule is Cc1cccc2[nH]c(Cc3nc4c([N+](=O)[O-])cccc4[nH]3)nc12. The number of hydrogen-bond donors (Lipinski definition) is 2. The number of aromatic nitrogens is 4. The summed E-state index contributed by atoms with van der Waals surface area (Å²) in [6, 6.07) is 10.8. The summed E-state index contributed by atoms with van der Waals surface area (Å²) in [7, 11) is 0. The van der Waals surface area contributed by atoms with E-state index in [4.69, 9.17) is 0 Å². The molecule has 0 amide bonds. The van der Waals surface area contributed by atoms with Crippen molar-refractivity contribution in [2.24, 2.45) is 0 Å². The highest BCUT2D eigenvalue weighted by Gasteiger charge is 2.16. The lowest BCUT2D eigenvalue weighted by atomic mass is 10.2. The Balaban J connectivity index is 1.75. The second-order valence-corrected chi connectivity index (χ2v) is 5.45. The molecule has 7 nitrogen and oxygen atoms in total. The number of nitro benzene ring substituents is 1. The highest BCUT2D eigenvalue weighted by atomic mass is 16.6. The minimum Gasteiger partial charge on any atom is -0.342 e. The van der Waals surface area contributed by atoms with Gasteiger partial charge in [-0.3, -0.25) is 10.1 Å². The molecule has 2 aromatic carbocycles. The molecule has 0 atom stereocenters. The molecule has 7 heteroatoms. The first-order valence-electron chi connectivity index (χ1n) is 7.18.